The number of fused-ring (bicyclic) bond motifs is 1. The fourth-order valence-electron chi connectivity index (χ4n) is 2.90. The third-order valence-electron chi connectivity index (χ3n) is 4.46. The Bertz CT molecular complexity index is 897. The van der Waals surface area contributed by atoms with Gasteiger partial charge in [0.1, 0.15) is 5.52 Å². The summed E-state index contributed by atoms with van der Waals surface area (Å²) < 4.78 is 7.41. The number of ether oxygens (including phenoxy) is 1. The number of H-pyrrole nitrogens is 1. The first kappa shape index (κ1) is 18.9. The molecule has 144 valence electrons. The second-order valence-electron chi connectivity index (χ2n) is 6.31. The van der Waals surface area contributed by atoms with E-state index in [2.05, 4.69) is 39.1 Å². The number of carbonyl (C=O) groups excluding carboxylic acids is 1. The van der Waals surface area contributed by atoms with Gasteiger partial charge >= 0.3 is 0 Å². The number of pyridine rings is 1. The van der Waals surface area contributed by atoms with Crippen molar-refractivity contribution in [3.8, 4) is 5.88 Å². The van der Waals surface area contributed by atoms with Crippen molar-refractivity contribution in [2.75, 3.05) is 31.6 Å². The molecule has 0 radical (unpaired) electrons. The highest BCUT2D eigenvalue weighted by molar-refractivity contribution is 6.11. The van der Waals surface area contributed by atoms with E-state index in [9.17, 15) is 4.79 Å². The number of rotatable bonds is 9. The largest absolute Gasteiger partial charge is 0.478 e. The molecule has 3 aromatic rings. The monoisotopic (exact) mass is 370 g/mol. The van der Waals surface area contributed by atoms with Gasteiger partial charge in [0.15, 0.2) is 5.82 Å². The highest BCUT2D eigenvalue weighted by Crippen LogP contribution is 2.21. The Morgan fingerprint density at radius 3 is 2.81 bits per heavy atom. The molecule has 0 aliphatic carbocycles. The van der Waals surface area contributed by atoms with Crippen molar-refractivity contribution < 1.29 is 9.53 Å². The number of aryl methyl sites for hydroxylation is 1. The molecule has 0 fully saturated rings. The van der Waals surface area contributed by atoms with Crippen LogP contribution < -0.4 is 10.1 Å². The number of amides is 1. The summed E-state index contributed by atoms with van der Waals surface area (Å²) in [5.74, 6) is 0.764. The molecular weight excluding hydrogens is 344 g/mol. The number of aromatic nitrogens is 4. The fourth-order valence-corrected chi connectivity index (χ4v) is 2.90. The van der Waals surface area contributed by atoms with Crippen LogP contribution in [0, 0.1) is 0 Å². The molecule has 8 nitrogen and oxygen atoms in total. The van der Waals surface area contributed by atoms with Crippen molar-refractivity contribution >= 4 is 22.8 Å². The zero-order valence-electron chi connectivity index (χ0n) is 16.0. The van der Waals surface area contributed by atoms with Crippen molar-refractivity contribution in [3.63, 3.8) is 0 Å². The lowest BCUT2D eigenvalue weighted by Gasteiger charge is -2.17. The number of carbonyl (C=O) groups is 1. The molecule has 3 aromatic heterocycles. The lowest BCUT2D eigenvalue weighted by molar-refractivity contribution is 0.102. The summed E-state index contributed by atoms with van der Waals surface area (Å²) in [5.41, 5.74) is 1.84. The van der Waals surface area contributed by atoms with Crippen LogP contribution in [0.15, 0.2) is 30.6 Å². The Hall–Kier alpha value is -2.87. The first-order valence-electron chi connectivity index (χ1n) is 9.25. The van der Waals surface area contributed by atoms with Crippen LogP contribution in [-0.2, 0) is 7.05 Å². The Morgan fingerprint density at radius 1 is 1.30 bits per heavy atom. The molecule has 0 bridgehead atoms. The number of nitrogens with zero attached hydrogens (tertiary/aromatic N) is 4. The second-order valence-corrected chi connectivity index (χ2v) is 6.31. The minimum atomic E-state index is -0.258. The van der Waals surface area contributed by atoms with Gasteiger partial charge in [-0.3, -0.25) is 9.48 Å². The van der Waals surface area contributed by atoms with E-state index in [0.29, 0.717) is 29.4 Å². The molecule has 3 heterocycles. The first-order valence-corrected chi connectivity index (χ1v) is 9.25. The van der Waals surface area contributed by atoms with Crippen LogP contribution >= 0.6 is 0 Å². The maximum absolute atomic E-state index is 12.5. The van der Waals surface area contributed by atoms with Crippen LogP contribution in [0.1, 0.15) is 30.6 Å². The van der Waals surface area contributed by atoms with E-state index in [-0.39, 0.29) is 5.91 Å². The molecule has 0 atom stereocenters. The van der Waals surface area contributed by atoms with Gasteiger partial charge in [-0.15, -0.1) is 0 Å². The van der Waals surface area contributed by atoms with Gasteiger partial charge in [0.2, 0.25) is 5.88 Å². The van der Waals surface area contributed by atoms with Crippen LogP contribution in [0.5, 0.6) is 5.88 Å². The average Bonchev–Trinajstić information content (AvgIpc) is 3.27. The molecular formula is C19H26N6O2. The van der Waals surface area contributed by atoms with Crippen molar-refractivity contribution in [3.05, 3.63) is 36.2 Å². The number of hydrogen-bond donors (Lipinski definition) is 2. The summed E-state index contributed by atoms with van der Waals surface area (Å²) in [6.07, 6.45) is 4.36. The van der Waals surface area contributed by atoms with Crippen LogP contribution in [0.4, 0.5) is 5.82 Å². The molecule has 1 amide bonds. The lowest BCUT2D eigenvalue weighted by Crippen LogP contribution is -2.25. The maximum atomic E-state index is 12.5. The van der Waals surface area contributed by atoms with Gasteiger partial charge in [-0.1, -0.05) is 13.8 Å². The molecule has 0 saturated carbocycles. The molecule has 0 unspecified atom stereocenters. The smallest absolute Gasteiger partial charge is 0.260 e. The van der Waals surface area contributed by atoms with Gasteiger partial charge in [0.25, 0.3) is 5.91 Å². The minimum Gasteiger partial charge on any atom is -0.478 e. The fraction of sp³-hybridized carbons (Fsp3) is 0.421. The molecule has 0 saturated heterocycles. The van der Waals surface area contributed by atoms with Gasteiger partial charge in [0, 0.05) is 38.1 Å². The second kappa shape index (κ2) is 8.68. The van der Waals surface area contributed by atoms with Crippen molar-refractivity contribution in [2.24, 2.45) is 7.05 Å². The van der Waals surface area contributed by atoms with Gasteiger partial charge in [-0.2, -0.15) is 5.10 Å². The predicted octanol–water partition coefficient (Wildman–Crippen LogP) is 2.66. The van der Waals surface area contributed by atoms with Crippen LogP contribution in [0.2, 0.25) is 0 Å². The zero-order chi connectivity index (χ0) is 19.2. The first-order chi connectivity index (χ1) is 13.1. The summed E-state index contributed by atoms with van der Waals surface area (Å²) in [5, 5.41) is 6.94. The Labute approximate surface area is 158 Å². The molecule has 3 rings (SSSR count). The third-order valence-corrected chi connectivity index (χ3v) is 4.46. The summed E-state index contributed by atoms with van der Waals surface area (Å²) in [6.45, 7) is 7.98. The Morgan fingerprint density at radius 2 is 2.11 bits per heavy atom. The van der Waals surface area contributed by atoms with Gasteiger partial charge in [-0.05, 0) is 25.6 Å². The molecule has 0 aliphatic rings. The molecule has 8 heteroatoms. The number of anilines is 1. The topological polar surface area (TPSA) is 88.1 Å². The van der Waals surface area contributed by atoms with E-state index in [1.807, 2.05) is 12.1 Å². The molecule has 2 N–H and O–H groups in total. The highest BCUT2D eigenvalue weighted by Gasteiger charge is 2.15. The Balaban J connectivity index is 1.65. The maximum Gasteiger partial charge on any atom is 0.260 e. The normalized spacial score (nSPS) is 11.3. The number of hydrogen-bond acceptors (Lipinski definition) is 5. The standard InChI is InChI=1S/C19H26N6O2/c1-4-25(5-2)10-6-12-27-17-8-7-15-18(22-17)14(13-20-15)19(26)21-16-9-11-24(3)23-16/h7-9,11,13,20H,4-6,10,12H2,1-3H3,(H,21,23,26). The van der Waals surface area contributed by atoms with Crippen LogP contribution in [0.25, 0.3) is 11.0 Å². The van der Waals surface area contributed by atoms with E-state index >= 15 is 0 Å². The van der Waals surface area contributed by atoms with E-state index in [4.69, 9.17) is 4.74 Å². The van der Waals surface area contributed by atoms with E-state index < -0.39 is 0 Å². The lowest BCUT2D eigenvalue weighted by atomic mass is 10.2. The van der Waals surface area contributed by atoms with Crippen molar-refractivity contribution in [1.29, 1.82) is 0 Å². The van der Waals surface area contributed by atoms with Crippen molar-refractivity contribution in [2.45, 2.75) is 20.3 Å². The van der Waals surface area contributed by atoms with Gasteiger partial charge < -0.3 is 19.9 Å². The van der Waals surface area contributed by atoms with Crippen LogP contribution in [0.3, 0.4) is 0 Å². The SMILES string of the molecule is CCN(CC)CCCOc1ccc2[nH]cc(C(=O)Nc3ccn(C)n3)c2n1. The summed E-state index contributed by atoms with van der Waals surface area (Å²) in [7, 11) is 1.80. The predicted molar refractivity (Wildman–Crippen MR) is 105 cm³/mol. The number of aromatic amines is 1. The number of nitrogens with one attached hydrogen (secondary N) is 2. The third kappa shape index (κ3) is 4.65. The molecule has 0 aromatic carbocycles. The molecule has 0 spiro atoms. The summed E-state index contributed by atoms with van der Waals surface area (Å²) in [6, 6.07) is 5.43. The minimum absolute atomic E-state index is 0.258. The highest BCUT2D eigenvalue weighted by atomic mass is 16.5. The van der Waals surface area contributed by atoms with E-state index in [1.165, 1.54) is 0 Å². The van der Waals surface area contributed by atoms with Crippen molar-refractivity contribution in [1.82, 2.24) is 24.6 Å². The molecule has 0 aliphatic heterocycles. The van der Waals surface area contributed by atoms with Gasteiger partial charge in [0.05, 0.1) is 17.7 Å². The zero-order valence-corrected chi connectivity index (χ0v) is 16.0. The van der Waals surface area contributed by atoms with Gasteiger partial charge in [-0.25, -0.2) is 4.98 Å². The van der Waals surface area contributed by atoms with Crippen LogP contribution in [-0.4, -0.2) is 56.8 Å². The Kier molecular flexibility index (Phi) is 6.08. The molecule has 27 heavy (non-hydrogen) atoms. The van der Waals surface area contributed by atoms with E-state index in [1.54, 1.807) is 30.2 Å². The quantitative estimate of drug-likeness (QED) is 0.566. The average molecular weight is 370 g/mol. The van der Waals surface area contributed by atoms with E-state index in [0.717, 1.165) is 31.6 Å². The summed E-state index contributed by atoms with van der Waals surface area (Å²) >= 11 is 0. The summed E-state index contributed by atoms with van der Waals surface area (Å²) in [4.78, 5) is 22.5.